The molecule has 0 radical (unpaired) electrons. The number of pyridine rings is 1. The quantitative estimate of drug-likeness (QED) is 0.427. The minimum atomic E-state index is -0.220. The number of nitrogens with zero attached hydrogens (tertiary/aromatic N) is 3. The van der Waals surface area contributed by atoms with Crippen LogP contribution in [0.3, 0.4) is 0 Å². The Bertz CT molecular complexity index is 1120. The van der Waals surface area contributed by atoms with E-state index in [0.717, 1.165) is 49.8 Å². The number of piperazine rings is 1. The van der Waals surface area contributed by atoms with Crippen molar-refractivity contribution >= 4 is 17.4 Å². The molecular formula is C28H35N5O3. The van der Waals surface area contributed by atoms with Crippen molar-refractivity contribution in [1.82, 2.24) is 15.2 Å². The zero-order chi connectivity index (χ0) is 25.2. The first-order chi connectivity index (χ1) is 17.6. The molecule has 1 saturated heterocycles. The van der Waals surface area contributed by atoms with Gasteiger partial charge in [-0.1, -0.05) is 30.3 Å². The van der Waals surface area contributed by atoms with Gasteiger partial charge in [-0.25, -0.2) is 4.98 Å². The van der Waals surface area contributed by atoms with Crippen molar-refractivity contribution in [2.75, 3.05) is 56.7 Å². The van der Waals surface area contributed by atoms with Crippen LogP contribution in [0.25, 0.3) is 0 Å². The molecule has 8 nitrogen and oxygen atoms in total. The van der Waals surface area contributed by atoms with Gasteiger partial charge in [0.25, 0.3) is 5.91 Å². The van der Waals surface area contributed by atoms with Crippen molar-refractivity contribution in [3.05, 3.63) is 78.0 Å². The summed E-state index contributed by atoms with van der Waals surface area (Å²) in [5.74, 6) is 2.02. The molecule has 0 spiro atoms. The number of ether oxygens (including phenoxy) is 2. The Morgan fingerprint density at radius 3 is 2.53 bits per heavy atom. The highest BCUT2D eigenvalue weighted by Crippen LogP contribution is 2.29. The molecule has 190 valence electrons. The molecule has 1 amide bonds. The second-order valence-corrected chi connectivity index (χ2v) is 8.80. The molecular weight excluding hydrogens is 454 g/mol. The highest BCUT2D eigenvalue weighted by molar-refractivity contribution is 5.91. The summed E-state index contributed by atoms with van der Waals surface area (Å²) in [4.78, 5) is 21.6. The predicted molar refractivity (Wildman–Crippen MR) is 143 cm³/mol. The number of amides is 1. The van der Waals surface area contributed by atoms with Crippen LogP contribution in [0.15, 0.2) is 66.9 Å². The zero-order valence-corrected chi connectivity index (χ0v) is 21.1. The SMILES string of the molecule is CCOc1cc(CNCc2cccnc2N2CCN(C)CC2)ccc1OCC(=O)Nc1ccccc1. The summed E-state index contributed by atoms with van der Waals surface area (Å²) in [6.07, 6.45) is 1.87. The van der Waals surface area contributed by atoms with Crippen LogP contribution in [0.4, 0.5) is 11.5 Å². The maximum atomic E-state index is 12.3. The van der Waals surface area contributed by atoms with Crippen molar-refractivity contribution in [2.45, 2.75) is 20.0 Å². The summed E-state index contributed by atoms with van der Waals surface area (Å²) in [6.45, 7) is 7.81. The number of hydrogen-bond donors (Lipinski definition) is 2. The Labute approximate surface area is 213 Å². The van der Waals surface area contributed by atoms with E-state index in [1.165, 1.54) is 5.56 Å². The predicted octanol–water partition coefficient (Wildman–Crippen LogP) is 3.54. The number of anilines is 2. The first-order valence-corrected chi connectivity index (χ1v) is 12.4. The van der Waals surface area contributed by atoms with Gasteiger partial charge in [0, 0.05) is 56.7 Å². The molecule has 0 saturated carbocycles. The number of likely N-dealkylation sites (N-methyl/N-ethyl adjacent to an activating group) is 1. The van der Waals surface area contributed by atoms with E-state index in [0.29, 0.717) is 24.7 Å². The van der Waals surface area contributed by atoms with Crippen LogP contribution in [0.2, 0.25) is 0 Å². The number of para-hydroxylation sites is 1. The third-order valence-electron chi connectivity index (χ3n) is 6.04. The van der Waals surface area contributed by atoms with Crippen molar-refractivity contribution in [1.29, 1.82) is 0 Å². The molecule has 2 heterocycles. The third kappa shape index (κ3) is 7.19. The van der Waals surface area contributed by atoms with Gasteiger partial charge in [0.1, 0.15) is 5.82 Å². The smallest absolute Gasteiger partial charge is 0.262 e. The highest BCUT2D eigenvalue weighted by atomic mass is 16.5. The molecule has 0 aliphatic carbocycles. The largest absolute Gasteiger partial charge is 0.490 e. The van der Waals surface area contributed by atoms with Gasteiger partial charge in [0.05, 0.1) is 6.61 Å². The molecule has 4 rings (SSSR count). The second-order valence-electron chi connectivity index (χ2n) is 8.80. The molecule has 1 aliphatic rings. The molecule has 0 bridgehead atoms. The van der Waals surface area contributed by atoms with Gasteiger partial charge in [-0.15, -0.1) is 0 Å². The van der Waals surface area contributed by atoms with E-state index in [4.69, 9.17) is 9.47 Å². The molecule has 1 aliphatic heterocycles. The van der Waals surface area contributed by atoms with Crippen molar-refractivity contribution < 1.29 is 14.3 Å². The average Bonchev–Trinajstić information content (AvgIpc) is 2.90. The van der Waals surface area contributed by atoms with E-state index in [2.05, 4.69) is 38.5 Å². The lowest BCUT2D eigenvalue weighted by molar-refractivity contribution is -0.118. The number of aromatic nitrogens is 1. The summed E-state index contributed by atoms with van der Waals surface area (Å²) in [5, 5.41) is 6.36. The molecule has 0 atom stereocenters. The number of carbonyl (C=O) groups is 1. The van der Waals surface area contributed by atoms with E-state index in [-0.39, 0.29) is 12.5 Å². The Morgan fingerprint density at radius 1 is 0.944 bits per heavy atom. The topological polar surface area (TPSA) is 79.0 Å². The number of hydrogen-bond acceptors (Lipinski definition) is 7. The minimum Gasteiger partial charge on any atom is -0.490 e. The van der Waals surface area contributed by atoms with Crippen LogP contribution in [-0.2, 0) is 17.9 Å². The fourth-order valence-electron chi connectivity index (χ4n) is 4.12. The van der Waals surface area contributed by atoms with Crippen LogP contribution in [0.1, 0.15) is 18.1 Å². The lowest BCUT2D eigenvalue weighted by Gasteiger charge is -2.34. The zero-order valence-electron chi connectivity index (χ0n) is 21.1. The first-order valence-electron chi connectivity index (χ1n) is 12.4. The van der Waals surface area contributed by atoms with Crippen LogP contribution in [-0.4, -0.2) is 62.2 Å². The Hall–Kier alpha value is -3.62. The van der Waals surface area contributed by atoms with Gasteiger partial charge in [-0.2, -0.15) is 0 Å². The van der Waals surface area contributed by atoms with Gasteiger partial charge >= 0.3 is 0 Å². The highest BCUT2D eigenvalue weighted by Gasteiger charge is 2.18. The third-order valence-corrected chi connectivity index (χ3v) is 6.04. The van der Waals surface area contributed by atoms with Crippen molar-refractivity contribution in [3.8, 4) is 11.5 Å². The van der Waals surface area contributed by atoms with Crippen molar-refractivity contribution in [3.63, 3.8) is 0 Å². The molecule has 8 heteroatoms. The fraction of sp³-hybridized carbons (Fsp3) is 0.357. The Kier molecular flexibility index (Phi) is 9.13. The average molecular weight is 490 g/mol. The van der Waals surface area contributed by atoms with E-state index in [1.807, 2.05) is 67.7 Å². The Morgan fingerprint density at radius 2 is 1.75 bits per heavy atom. The van der Waals surface area contributed by atoms with Gasteiger partial charge in [-0.3, -0.25) is 4.79 Å². The van der Waals surface area contributed by atoms with E-state index < -0.39 is 0 Å². The fourth-order valence-corrected chi connectivity index (χ4v) is 4.12. The van der Waals surface area contributed by atoms with Gasteiger partial charge in [-0.05, 0) is 49.9 Å². The summed E-state index contributed by atoms with van der Waals surface area (Å²) in [6, 6.07) is 19.3. The number of benzene rings is 2. The van der Waals surface area contributed by atoms with E-state index >= 15 is 0 Å². The lowest BCUT2D eigenvalue weighted by atomic mass is 10.1. The van der Waals surface area contributed by atoms with Crippen LogP contribution < -0.4 is 25.0 Å². The van der Waals surface area contributed by atoms with Gasteiger partial charge < -0.3 is 29.9 Å². The molecule has 2 aromatic carbocycles. The van der Waals surface area contributed by atoms with Gasteiger partial charge in [0.2, 0.25) is 0 Å². The maximum absolute atomic E-state index is 12.3. The minimum absolute atomic E-state index is 0.0946. The summed E-state index contributed by atoms with van der Waals surface area (Å²) in [5.41, 5.74) is 3.00. The van der Waals surface area contributed by atoms with E-state index in [1.54, 1.807) is 0 Å². The number of nitrogens with one attached hydrogen (secondary N) is 2. The Balaban J connectivity index is 1.32. The van der Waals surface area contributed by atoms with Crippen LogP contribution in [0.5, 0.6) is 11.5 Å². The van der Waals surface area contributed by atoms with Gasteiger partial charge in [0.15, 0.2) is 18.1 Å². The molecule has 1 aromatic heterocycles. The molecule has 36 heavy (non-hydrogen) atoms. The molecule has 3 aromatic rings. The maximum Gasteiger partial charge on any atom is 0.262 e. The molecule has 0 unspecified atom stereocenters. The molecule has 2 N–H and O–H groups in total. The van der Waals surface area contributed by atoms with E-state index in [9.17, 15) is 4.79 Å². The monoisotopic (exact) mass is 489 g/mol. The summed E-state index contributed by atoms with van der Waals surface area (Å²) in [7, 11) is 2.16. The number of rotatable bonds is 11. The first kappa shape index (κ1) is 25.5. The summed E-state index contributed by atoms with van der Waals surface area (Å²) >= 11 is 0. The standard InChI is InChI=1S/C28H35N5O3/c1-3-35-26-18-22(11-12-25(26)36-21-27(34)31-24-9-5-4-6-10-24)19-29-20-23-8-7-13-30-28(23)33-16-14-32(2)15-17-33/h4-13,18,29H,3,14-17,19-21H2,1-2H3,(H,31,34). The van der Waals surface area contributed by atoms with Crippen LogP contribution in [0, 0.1) is 0 Å². The normalized spacial score (nSPS) is 13.9. The van der Waals surface area contributed by atoms with Crippen molar-refractivity contribution in [2.24, 2.45) is 0 Å². The lowest BCUT2D eigenvalue weighted by Crippen LogP contribution is -2.45. The summed E-state index contributed by atoms with van der Waals surface area (Å²) < 4.78 is 11.6. The number of carbonyl (C=O) groups excluding carboxylic acids is 1. The second kappa shape index (κ2) is 12.9. The molecule has 1 fully saturated rings. The van der Waals surface area contributed by atoms with Crippen LogP contribution >= 0.6 is 0 Å².